The van der Waals surface area contributed by atoms with Crippen LogP contribution in [0.15, 0.2) is 59.6 Å². The van der Waals surface area contributed by atoms with Crippen LogP contribution in [0.1, 0.15) is 56.6 Å². The summed E-state index contributed by atoms with van der Waals surface area (Å²) >= 11 is 4.13. The minimum absolute atomic E-state index is 0.0673. The van der Waals surface area contributed by atoms with E-state index < -0.39 is 36.0 Å². The number of carbonyl (C=O) groups excluding carboxylic acids is 4. The molecule has 1 aliphatic heterocycles. The molecule has 0 spiro atoms. The number of likely N-dealkylation sites (N-methyl/N-ethyl adjacent to an activating group) is 1. The fourth-order valence-electron chi connectivity index (χ4n) is 5.32. The molecule has 218 valence electrons. The van der Waals surface area contributed by atoms with Crippen molar-refractivity contribution in [2.24, 2.45) is 16.6 Å². The van der Waals surface area contributed by atoms with Gasteiger partial charge in [0.05, 0.1) is 17.4 Å². The molecule has 1 saturated carbocycles. The molecule has 1 heterocycles. The van der Waals surface area contributed by atoms with Gasteiger partial charge in [-0.15, -0.1) is 5.06 Å². The van der Waals surface area contributed by atoms with Gasteiger partial charge in [0.15, 0.2) is 0 Å². The molecule has 2 unspecified atom stereocenters. The number of aliphatic imine (C=N–C) groups is 1. The highest BCUT2D eigenvalue weighted by molar-refractivity contribution is 7.80. The molecule has 10 nitrogen and oxygen atoms in total. The lowest BCUT2D eigenvalue weighted by Crippen LogP contribution is -2.54. The molecule has 2 aliphatic rings. The molecular formula is C30H37N5O5S. The van der Waals surface area contributed by atoms with Gasteiger partial charge in [-0.2, -0.15) is 12.6 Å². The minimum Gasteiger partial charge on any atom is -0.343 e. The lowest BCUT2D eigenvalue weighted by molar-refractivity contribution is -0.156. The lowest BCUT2D eigenvalue weighted by atomic mass is 9.85. The van der Waals surface area contributed by atoms with E-state index in [9.17, 15) is 19.2 Å². The molecule has 0 bridgehead atoms. The second-order valence-electron chi connectivity index (χ2n) is 10.5. The van der Waals surface area contributed by atoms with Crippen molar-refractivity contribution in [1.82, 2.24) is 10.2 Å². The summed E-state index contributed by atoms with van der Waals surface area (Å²) in [5.41, 5.74) is 7.93. The molecule has 3 amide bonds. The van der Waals surface area contributed by atoms with Crippen LogP contribution in [0.3, 0.4) is 0 Å². The number of hydrogen-bond donors (Lipinski definition) is 3. The zero-order chi connectivity index (χ0) is 29.5. The van der Waals surface area contributed by atoms with Gasteiger partial charge in [0.1, 0.15) is 6.04 Å². The highest BCUT2D eigenvalue weighted by Gasteiger charge is 2.40. The van der Waals surface area contributed by atoms with Gasteiger partial charge in [-0.05, 0) is 18.4 Å². The number of nitrogens with two attached hydrogens (primary N) is 1. The summed E-state index contributed by atoms with van der Waals surface area (Å²) in [6.07, 6.45) is 4.24. The maximum absolute atomic E-state index is 14.1. The Bertz CT molecular complexity index is 1300. The number of nitrogens with one attached hydrogen (secondary N) is 1. The number of hydrogen-bond acceptors (Lipinski definition) is 8. The molecule has 3 atom stereocenters. The SMILES string of the molecule is CC(=O)N[C@@H](CC1CCCCC1)C(=O)ON1C(=O)C(N(C)C(=O)C(N)CS)N=C(c2ccccc2)c2ccccc21. The third-order valence-corrected chi connectivity index (χ3v) is 7.86. The third-order valence-electron chi connectivity index (χ3n) is 7.46. The molecule has 1 aliphatic carbocycles. The molecule has 0 radical (unpaired) electrons. The predicted molar refractivity (Wildman–Crippen MR) is 159 cm³/mol. The molecule has 11 heteroatoms. The summed E-state index contributed by atoms with van der Waals surface area (Å²) in [5.74, 6) is -2.11. The Balaban J connectivity index is 1.75. The second-order valence-corrected chi connectivity index (χ2v) is 10.9. The van der Waals surface area contributed by atoms with Crippen LogP contribution in [0.4, 0.5) is 5.69 Å². The molecular weight excluding hydrogens is 542 g/mol. The fourth-order valence-corrected chi connectivity index (χ4v) is 5.48. The lowest BCUT2D eigenvalue weighted by Gasteiger charge is -2.30. The van der Waals surface area contributed by atoms with E-state index in [0.717, 1.165) is 42.1 Å². The molecule has 2 aromatic rings. The summed E-state index contributed by atoms with van der Waals surface area (Å²) < 4.78 is 0. The molecule has 2 aromatic carbocycles. The van der Waals surface area contributed by atoms with E-state index >= 15 is 0 Å². The minimum atomic E-state index is -1.39. The summed E-state index contributed by atoms with van der Waals surface area (Å²) in [7, 11) is 1.43. The van der Waals surface area contributed by atoms with Gasteiger partial charge >= 0.3 is 11.9 Å². The Morgan fingerprint density at radius 2 is 1.76 bits per heavy atom. The van der Waals surface area contributed by atoms with E-state index in [0.29, 0.717) is 23.3 Å². The smallest absolute Gasteiger partial charge is 0.343 e. The van der Waals surface area contributed by atoms with Crippen LogP contribution in [-0.2, 0) is 24.0 Å². The number of benzodiazepines with no additional fused rings is 1. The van der Waals surface area contributed by atoms with Gasteiger partial charge in [-0.1, -0.05) is 80.6 Å². The van der Waals surface area contributed by atoms with Crippen molar-refractivity contribution < 1.29 is 24.0 Å². The standard InChI is InChI=1S/C30H37N5O5S/c1-19(36)32-24(17-20-11-5-3-6-12-20)30(39)40-35-25-16-10-9-15-22(25)26(21-13-7-4-8-14-21)33-27(29(35)38)34(2)28(37)23(31)18-41/h4,7-10,13-16,20,23-24,27,41H,3,5-6,11-12,17-18,31H2,1-2H3,(H,32,36)/t23?,24-,27?/m0/s1. The molecule has 4 rings (SSSR count). The Morgan fingerprint density at radius 1 is 1.10 bits per heavy atom. The van der Waals surface area contributed by atoms with E-state index in [1.165, 1.54) is 14.0 Å². The van der Waals surface area contributed by atoms with Gasteiger partial charge in [-0.25, -0.2) is 9.79 Å². The van der Waals surface area contributed by atoms with Crippen molar-refractivity contribution in [3.63, 3.8) is 0 Å². The molecule has 41 heavy (non-hydrogen) atoms. The number of thiol groups is 1. The molecule has 1 fully saturated rings. The quantitative estimate of drug-likeness (QED) is 0.391. The first-order chi connectivity index (χ1) is 19.7. The van der Waals surface area contributed by atoms with Gasteiger partial charge in [0.25, 0.3) is 0 Å². The highest BCUT2D eigenvalue weighted by Crippen LogP contribution is 2.31. The van der Waals surface area contributed by atoms with Crippen LogP contribution in [0.2, 0.25) is 0 Å². The van der Waals surface area contributed by atoms with E-state index in [-0.39, 0.29) is 23.3 Å². The van der Waals surface area contributed by atoms with Crippen molar-refractivity contribution in [3.8, 4) is 0 Å². The van der Waals surface area contributed by atoms with Crippen molar-refractivity contribution in [2.75, 3.05) is 17.9 Å². The number of para-hydroxylation sites is 1. The second kappa shape index (κ2) is 13.8. The van der Waals surface area contributed by atoms with Gasteiger partial charge in [0.2, 0.25) is 18.0 Å². The maximum Gasteiger partial charge on any atom is 0.355 e. The van der Waals surface area contributed by atoms with Crippen LogP contribution in [0.25, 0.3) is 0 Å². The van der Waals surface area contributed by atoms with E-state index in [2.05, 4.69) is 17.9 Å². The average molecular weight is 580 g/mol. The van der Waals surface area contributed by atoms with Gasteiger partial charge in [0, 0.05) is 30.9 Å². The largest absolute Gasteiger partial charge is 0.355 e. The predicted octanol–water partition coefficient (Wildman–Crippen LogP) is 2.85. The van der Waals surface area contributed by atoms with E-state index in [4.69, 9.17) is 15.6 Å². The van der Waals surface area contributed by atoms with Gasteiger partial charge in [-0.3, -0.25) is 14.4 Å². The first-order valence-electron chi connectivity index (χ1n) is 13.9. The molecule has 0 saturated heterocycles. The van der Waals surface area contributed by atoms with Crippen molar-refractivity contribution in [2.45, 2.75) is 63.7 Å². The van der Waals surface area contributed by atoms with Crippen LogP contribution in [0.5, 0.6) is 0 Å². The topological polar surface area (TPSA) is 134 Å². The average Bonchev–Trinajstić information content (AvgIpc) is 3.10. The monoisotopic (exact) mass is 579 g/mol. The van der Waals surface area contributed by atoms with Gasteiger partial charge < -0.3 is 20.8 Å². The van der Waals surface area contributed by atoms with E-state index in [1.54, 1.807) is 24.3 Å². The first kappa shape index (κ1) is 30.3. The van der Waals surface area contributed by atoms with Crippen LogP contribution >= 0.6 is 12.6 Å². The molecule has 0 aromatic heterocycles. The number of anilines is 1. The van der Waals surface area contributed by atoms with Crippen LogP contribution < -0.4 is 16.1 Å². The van der Waals surface area contributed by atoms with Crippen LogP contribution in [0, 0.1) is 5.92 Å². The zero-order valence-corrected chi connectivity index (χ0v) is 24.3. The Morgan fingerprint density at radius 3 is 2.41 bits per heavy atom. The number of hydroxylamine groups is 1. The highest BCUT2D eigenvalue weighted by atomic mass is 32.1. The third kappa shape index (κ3) is 7.15. The van der Waals surface area contributed by atoms with Crippen molar-refractivity contribution in [1.29, 1.82) is 0 Å². The summed E-state index contributed by atoms with van der Waals surface area (Å²) in [6, 6.07) is 14.3. The number of amides is 3. The van der Waals surface area contributed by atoms with Crippen molar-refractivity contribution in [3.05, 3.63) is 65.7 Å². The first-order valence-corrected chi connectivity index (χ1v) is 14.5. The van der Waals surface area contributed by atoms with E-state index in [1.807, 2.05) is 30.3 Å². The molecule has 3 N–H and O–H groups in total. The fraction of sp³-hybridized carbons (Fsp3) is 0.433. The summed E-state index contributed by atoms with van der Waals surface area (Å²) in [5, 5.41) is 3.61. The Labute approximate surface area is 245 Å². The Kier molecular flexibility index (Phi) is 10.2. The van der Waals surface area contributed by atoms with Crippen molar-refractivity contribution >= 4 is 47.7 Å². The number of rotatable bonds is 9. The zero-order valence-electron chi connectivity index (χ0n) is 23.4. The number of carbonyl (C=O) groups is 4. The summed E-state index contributed by atoms with van der Waals surface area (Å²) in [4.78, 5) is 64.6. The van der Waals surface area contributed by atoms with Crippen LogP contribution in [-0.4, -0.2) is 65.4 Å². The normalized spacial score (nSPS) is 18.8. The maximum atomic E-state index is 14.1. The number of benzene rings is 2. The number of nitrogens with zero attached hydrogens (tertiary/aromatic N) is 3. The summed E-state index contributed by atoms with van der Waals surface area (Å²) in [6.45, 7) is 1.34. The Hall–Kier alpha value is -3.70. The number of fused-ring (bicyclic) bond motifs is 1.